The zero-order valence-electron chi connectivity index (χ0n) is 14.4. The van der Waals surface area contributed by atoms with Crippen LogP contribution in [0.4, 0.5) is 0 Å². The summed E-state index contributed by atoms with van der Waals surface area (Å²) in [6.07, 6.45) is 5.18. The summed E-state index contributed by atoms with van der Waals surface area (Å²) >= 11 is 0. The summed E-state index contributed by atoms with van der Waals surface area (Å²) in [7, 11) is 0. The molecule has 1 unspecified atom stereocenters. The van der Waals surface area contributed by atoms with Gasteiger partial charge >= 0.3 is 0 Å². The Labute approximate surface area is 147 Å². The lowest BCUT2D eigenvalue weighted by molar-refractivity contribution is -0.131. The van der Waals surface area contributed by atoms with E-state index in [1.54, 1.807) is 17.3 Å². The lowest BCUT2D eigenvalue weighted by Crippen LogP contribution is -2.42. The summed E-state index contributed by atoms with van der Waals surface area (Å²) in [5.74, 6) is -0.242. The van der Waals surface area contributed by atoms with Gasteiger partial charge in [-0.25, -0.2) is 0 Å². The highest BCUT2D eigenvalue weighted by molar-refractivity contribution is 5.84. The van der Waals surface area contributed by atoms with Gasteiger partial charge in [0.05, 0.1) is 5.41 Å². The maximum Gasteiger partial charge on any atom is 0.225 e. The molecule has 1 saturated heterocycles. The van der Waals surface area contributed by atoms with Crippen molar-refractivity contribution >= 4 is 11.8 Å². The SMILES string of the molecule is CCC(=O)N1CCC(Cc2ccc(-c3ccncc3)cc2)(C(N)=O)C1. The standard InChI is InChI=1S/C20H23N3O2/c1-2-18(24)23-12-9-20(14-23,19(21)25)13-15-3-5-16(6-4-15)17-7-10-22-11-8-17/h3-8,10-11H,2,9,12-14H2,1H3,(H2,21,25). The molecule has 5 heteroatoms. The Bertz CT molecular complexity index is 758. The summed E-state index contributed by atoms with van der Waals surface area (Å²) in [5, 5.41) is 0. The Morgan fingerprint density at radius 1 is 1.12 bits per heavy atom. The molecule has 2 N–H and O–H groups in total. The molecule has 1 aromatic carbocycles. The molecule has 0 radical (unpaired) electrons. The molecule has 1 aliphatic heterocycles. The molecule has 0 saturated carbocycles. The number of hydrogen-bond donors (Lipinski definition) is 1. The maximum absolute atomic E-state index is 12.2. The van der Waals surface area contributed by atoms with Crippen molar-refractivity contribution in [2.75, 3.05) is 13.1 Å². The molecule has 0 bridgehead atoms. The molecular formula is C20H23N3O2. The van der Waals surface area contributed by atoms with E-state index in [9.17, 15) is 9.59 Å². The fourth-order valence-corrected chi connectivity index (χ4v) is 3.49. The van der Waals surface area contributed by atoms with Gasteiger partial charge in [0.15, 0.2) is 0 Å². The molecule has 5 nitrogen and oxygen atoms in total. The van der Waals surface area contributed by atoms with Gasteiger partial charge in [-0.1, -0.05) is 31.2 Å². The average molecular weight is 337 g/mol. The molecule has 2 amide bonds. The summed E-state index contributed by atoms with van der Waals surface area (Å²) in [5.41, 5.74) is 8.32. The van der Waals surface area contributed by atoms with E-state index in [4.69, 9.17) is 5.73 Å². The van der Waals surface area contributed by atoms with Gasteiger partial charge in [-0.3, -0.25) is 14.6 Å². The minimum absolute atomic E-state index is 0.0798. The molecule has 1 fully saturated rings. The van der Waals surface area contributed by atoms with Crippen LogP contribution < -0.4 is 5.73 Å². The molecule has 1 atom stereocenters. The van der Waals surface area contributed by atoms with Gasteiger partial charge in [-0.05, 0) is 41.7 Å². The third-order valence-electron chi connectivity index (χ3n) is 5.04. The Morgan fingerprint density at radius 2 is 1.76 bits per heavy atom. The Hall–Kier alpha value is -2.69. The first-order valence-corrected chi connectivity index (χ1v) is 8.61. The number of pyridine rings is 1. The average Bonchev–Trinajstić information content (AvgIpc) is 3.08. The normalized spacial score (nSPS) is 19.8. The fourth-order valence-electron chi connectivity index (χ4n) is 3.49. The fraction of sp³-hybridized carbons (Fsp3) is 0.350. The number of benzene rings is 1. The zero-order chi connectivity index (χ0) is 17.9. The number of amides is 2. The van der Waals surface area contributed by atoms with E-state index in [1.165, 1.54) is 0 Å². The molecule has 1 aromatic heterocycles. The summed E-state index contributed by atoms with van der Waals surface area (Å²) in [4.78, 5) is 29.9. The minimum atomic E-state index is -0.664. The third kappa shape index (κ3) is 3.55. The van der Waals surface area contributed by atoms with Crippen LogP contribution in [-0.2, 0) is 16.0 Å². The second-order valence-corrected chi connectivity index (χ2v) is 6.67. The zero-order valence-corrected chi connectivity index (χ0v) is 14.4. The maximum atomic E-state index is 12.2. The van der Waals surface area contributed by atoms with Crippen LogP contribution >= 0.6 is 0 Å². The van der Waals surface area contributed by atoms with Crippen molar-refractivity contribution in [2.24, 2.45) is 11.1 Å². The predicted molar refractivity (Wildman–Crippen MR) is 96.5 cm³/mol. The van der Waals surface area contributed by atoms with Crippen LogP contribution in [0.2, 0.25) is 0 Å². The van der Waals surface area contributed by atoms with Gasteiger partial charge in [0.25, 0.3) is 0 Å². The molecule has 0 aliphatic carbocycles. The van der Waals surface area contributed by atoms with Crippen LogP contribution in [-0.4, -0.2) is 34.8 Å². The number of rotatable bonds is 5. The monoisotopic (exact) mass is 337 g/mol. The van der Waals surface area contributed by atoms with Crippen molar-refractivity contribution in [1.82, 2.24) is 9.88 Å². The van der Waals surface area contributed by atoms with E-state index in [0.717, 1.165) is 16.7 Å². The van der Waals surface area contributed by atoms with Gasteiger partial charge in [-0.15, -0.1) is 0 Å². The molecule has 2 aromatic rings. The lowest BCUT2D eigenvalue weighted by atomic mass is 9.80. The topological polar surface area (TPSA) is 76.3 Å². The van der Waals surface area contributed by atoms with Crippen LogP contribution in [0.3, 0.4) is 0 Å². The second-order valence-electron chi connectivity index (χ2n) is 6.67. The van der Waals surface area contributed by atoms with Crippen LogP contribution in [0.25, 0.3) is 11.1 Å². The van der Waals surface area contributed by atoms with E-state index in [1.807, 2.05) is 43.3 Å². The van der Waals surface area contributed by atoms with Gasteiger partial charge in [0.1, 0.15) is 0 Å². The van der Waals surface area contributed by atoms with Crippen molar-refractivity contribution in [3.05, 3.63) is 54.4 Å². The van der Waals surface area contributed by atoms with Crippen molar-refractivity contribution in [2.45, 2.75) is 26.2 Å². The number of nitrogens with two attached hydrogens (primary N) is 1. The Kier molecular flexibility index (Phi) is 4.83. The molecule has 130 valence electrons. The smallest absolute Gasteiger partial charge is 0.225 e. The number of hydrogen-bond acceptors (Lipinski definition) is 3. The molecule has 1 aliphatic rings. The van der Waals surface area contributed by atoms with E-state index in [2.05, 4.69) is 4.98 Å². The molecule has 2 heterocycles. The Morgan fingerprint density at radius 3 is 2.36 bits per heavy atom. The lowest BCUT2D eigenvalue weighted by Gasteiger charge is -2.26. The molecular weight excluding hydrogens is 314 g/mol. The molecule has 0 spiro atoms. The summed E-state index contributed by atoms with van der Waals surface area (Å²) in [6.45, 7) is 2.86. The number of carbonyl (C=O) groups is 2. The number of aromatic nitrogens is 1. The van der Waals surface area contributed by atoms with Crippen LogP contribution in [0, 0.1) is 5.41 Å². The molecule has 25 heavy (non-hydrogen) atoms. The van der Waals surface area contributed by atoms with E-state index in [0.29, 0.717) is 32.4 Å². The number of carbonyl (C=O) groups excluding carboxylic acids is 2. The predicted octanol–water partition coefficient (Wildman–Crippen LogP) is 2.41. The van der Waals surface area contributed by atoms with E-state index >= 15 is 0 Å². The van der Waals surface area contributed by atoms with Crippen molar-refractivity contribution in [3.8, 4) is 11.1 Å². The van der Waals surface area contributed by atoms with Crippen molar-refractivity contribution < 1.29 is 9.59 Å². The quantitative estimate of drug-likeness (QED) is 0.910. The first kappa shape index (κ1) is 17.1. The summed E-state index contributed by atoms with van der Waals surface area (Å²) < 4.78 is 0. The Balaban J connectivity index is 1.78. The van der Waals surface area contributed by atoms with Crippen LogP contribution in [0.1, 0.15) is 25.3 Å². The highest BCUT2D eigenvalue weighted by Crippen LogP contribution is 2.35. The van der Waals surface area contributed by atoms with Crippen LogP contribution in [0.5, 0.6) is 0 Å². The number of nitrogens with zero attached hydrogens (tertiary/aromatic N) is 2. The van der Waals surface area contributed by atoms with Gasteiger partial charge < -0.3 is 10.6 Å². The first-order chi connectivity index (χ1) is 12.0. The number of primary amides is 1. The van der Waals surface area contributed by atoms with Crippen molar-refractivity contribution in [3.63, 3.8) is 0 Å². The minimum Gasteiger partial charge on any atom is -0.369 e. The molecule has 3 rings (SSSR count). The van der Waals surface area contributed by atoms with Gasteiger partial charge in [-0.2, -0.15) is 0 Å². The van der Waals surface area contributed by atoms with E-state index < -0.39 is 5.41 Å². The van der Waals surface area contributed by atoms with Crippen molar-refractivity contribution in [1.29, 1.82) is 0 Å². The third-order valence-corrected chi connectivity index (χ3v) is 5.04. The highest BCUT2D eigenvalue weighted by atomic mass is 16.2. The first-order valence-electron chi connectivity index (χ1n) is 8.61. The van der Waals surface area contributed by atoms with Gasteiger partial charge in [0, 0.05) is 31.9 Å². The second kappa shape index (κ2) is 7.05. The van der Waals surface area contributed by atoms with E-state index in [-0.39, 0.29) is 11.8 Å². The van der Waals surface area contributed by atoms with Gasteiger partial charge in [0.2, 0.25) is 11.8 Å². The highest BCUT2D eigenvalue weighted by Gasteiger charge is 2.44. The number of likely N-dealkylation sites (tertiary alicyclic amines) is 1. The largest absolute Gasteiger partial charge is 0.369 e. The summed E-state index contributed by atoms with van der Waals surface area (Å²) in [6, 6.07) is 12.1. The van der Waals surface area contributed by atoms with Crippen LogP contribution in [0.15, 0.2) is 48.8 Å².